The molecule has 1 heterocycles. The van der Waals surface area contributed by atoms with Gasteiger partial charge in [-0.15, -0.1) is 0 Å². The molecule has 1 unspecified atom stereocenters. The predicted octanol–water partition coefficient (Wildman–Crippen LogP) is 0.00690. The lowest BCUT2D eigenvalue weighted by atomic mass is 9.93. The first-order chi connectivity index (χ1) is 7.86. The summed E-state index contributed by atoms with van der Waals surface area (Å²) in [5, 5.41) is -0.923. The smallest absolute Gasteiger partial charge is 0.240 e. The summed E-state index contributed by atoms with van der Waals surface area (Å²) >= 11 is 0. The van der Waals surface area contributed by atoms with Gasteiger partial charge >= 0.3 is 0 Å². The molecule has 0 aromatic rings. The van der Waals surface area contributed by atoms with Gasteiger partial charge in [0.1, 0.15) is 5.25 Å². The highest BCUT2D eigenvalue weighted by Crippen LogP contribution is 2.21. The molecular formula is C11H22N2O3S. The first kappa shape index (κ1) is 14.4. The van der Waals surface area contributed by atoms with Crippen molar-refractivity contribution in [1.29, 1.82) is 0 Å². The Bertz CT molecular complexity index is 359. The average Bonchev–Trinajstić information content (AvgIpc) is 2.27. The predicted molar refractivity (Wildman–Crippen MR) is 67.3 cm³/mol. The van der Waals surface area contributed by atoms with Crippen LogP contribution in [0, 0.1) is 5.92 Å². The summed E-state index contributed by atoms with van der Waals surface area (Å²) in [5.41, 5.74) is 5.50. The van der Waals surface area contributed by atoms with Crippen LogP contribution in [0.1, 0.15) is 26.2 Å². The van der Waals surface area contributed by atoms with Crippen LogP contribution in [-0.4, -0.2) is 50.4 Å². The van der Waals surface area contributed by atoms with Crippen molar-refractivity contribution in [1.82, 2.24) is 4.90 Å². The lowest BCUT2D eigenvalue weighted by Gasteiger charge is -2.33. The third kappa shape index (κ3) is 3.96. The summed E-state index contributed by atoms with van der Waals surface area (Å²) < 4.78 is 22.6. The minimum Gasteiger partial charge on any atom is -0.342 e. The average molecular weight is 262 g/mol. The molecule has 1 aliphatic rings. The SMILES string of the molecule is CC(C(=O)N1CCC(CCN)CC1)S(C)(=O)=O. The minimum atomic E-state index is -3.29. The summed E-state index contributed by atoms with van der Waals surface area (Å²) in [5.74, 6) is 0.316. The van der Waals surface area contributed by atoms with Crippen molar-refractivity contribution in [2.75, 3.05) is 25.9 Å². The molecule has 0 aliphatic carbocycles. The Labute approximate surface area is 103 Å². The van der Waals surface area contributed by atoms with Gasteiger partial charge in [0.25, 0.3) is 0 Å². The van der Waals surface area contributed by atoms with Crippen LogP contribution in [0.25, 0.3) is 0 Å². The first-order valence-electron chi connectivity index (χ1n) is 6.04. The van der Waals surface area contributed by atoms with Gasteiger partial charge in [-0.2, -0.15) is 0 Å². The first-order valence-corrected chi connectivity index (χ1v) is 7.99. The van der Waals surface area contributed by atoms with Crippen LogP contribution >= 0.6 is 0 Å². The second-order valence-electron chi connectivity index (χ2n) is 4.82. The van der Waals surface area contributed by atoms with E-state index in [-0.39, 0.29) is 5.91 Å². The maximum atomic E-state index is 11.9. The molecular weight excluding hydrogens is 240 g/mol. The molecule has 0 aromatic heterocycles. The highest BCUT2D eigenvalue weighted by Gasteiger charge is 2.30. The third-order valence-corrected chi connectivity index (χ3v) is 4.98. The van der Waals surface area contributed by atoms with Crippen molar-refractivity contribution in [3.8, 4) is 0 Å². The van der Waals surface area contributed by atoms with Crippen LogP contribution in [-0.2, 0) is 14.6 Å². The van der Waals surface area contributed by atoms with Crippen LogP contribution in [0.4, 0.5) is 0 Å². The van der Waals surface area contributed by atoms with Crippen molar-refractivity contribution < 1.29 is 13.2 Å². The molecule has 100 valence electrons. The molecule has 6 heteroatoms. The van der Waals surface area contributed by atoms with Gasteiger partial charge in [0, 0.05) is 19.3 Å². The van der Waals surface area contributed by atoms with E-state index in [9.17, 15) is 13.2 Å². The molecule has 17 heavy (non-hydrogen) atoms. The standard InChI is InChI=1S/C11H22N2O3S/c1-9(17(2,15)16)11(14)13-7-4-10(3-6-12)5-8-13/h9-10H,3-8,12H2,1-2H3. The molecule has 0 bridgehead atoms. The van der Waals surface area contributed by atoms with Gasteiger partial charge in [0.05, 0.1) is 0 Å². The third-order valence-electron chi connectivity index (χ3n) is 3.49. The molecule has 1 fully saturated rings. The van der Waals surface area contributed by atoms with E-state index >= 15 is 0 Å². The van der Waals surface area contributed by atoms with Crippen molar-refractivity contribution in [3.63, 3.8) is 0 Å². The van der Waals surface area contributed by atoms with Gasteiger partial charge in [-0.1, -0.05) is 0 Å². The number of carbonyl (C=O) groups excluding carboxylic acids is 1. The Morgan fingerprint density at radius 1 is 1.41 bits per heavy atom. The zero-order valence-electron chi connectivity index (χ0n) is 10.6. The molecule has 1 atom stereocenters. The Kier molecular flexibility index (Phi) is 4.94. The Hall–Kier alpha value is -0.620. The topological polar surface area (TPSA) is 80.5 Å². The Morgan fingerprint density at radius 3 is 2.35 bits per heavy atom. The van der Waals surface area contributed by atoms with Gasteiger partial charge in [-0.25, -0.2) is 8.42 Å². The van der Waals surface area contributed by atoms with E-state index < -0.39 is 15.1 Å². The van der Waals surface area contributed by atoms with E-state index in [0.29, 0.717) is 25.6 Å². The maximum absolute atomic E-state index is 11.9. The van der Waals surface area contributed by atoms with E-state index in [0.717, 1.165) is 25.5 Å². The summed E-state index contributed by atoms with van der Waals surface area (Å²) in [4.78, 5) is 13.6. The summed E-state index contributed by atoms with van der Waals surface area (Å²) in [7, 11) is -3.29. The van der Waals surface area contributed by atoms with Gasteiger partial charge in [0.15, 0.2) is 9.84 Å². The monoisotopic (exact) mass is 262 g/mol. The number of hydrogen-bond acceptors (Lipinski definition) is 4. The molecule has 0 spiro atoms. The van der Waals surface area contributed by atoms with Crippen molar-refractivity contribution >= 4 is 15.7 Å². The van der Waals surface area contributed by atoms with Crippen molar-refractivity contribution in [3.05, 3.63) is 0 Å². The fraction of sp³-hybridized carbons (Fsp3) is 0.909. The molecule has 0 aromatic carbocycles. The largest absolute Gasteiger partial charge is 0.342 e. The zero-order chi connectivity index (χ0) is 13.1. The zero-order valence-corrected chi connectivity index (χ0v) is 11.4. The quantitative estimate of drug-likeness (QED) is 0.773. The van der Waals surface area contributed by atoms with Crippen LogP contribution in [0.15, 0.2) is 0 Å². The number of hydrogen-bond donors (Lipinski definition) is 1. The lowest BCUT2D eigenvalue weighted by Crippen LogP contribution is -2.45. The number of amides is 1. The van der Waals surface area contributed by atoms with Gasteiger partial charge in [-0.05, 0) is 38.6 Å². The summed E-state index contributed by atoms with van der Waals surface area (Å²) in [6.07, 6.45) is 3.96. The van der Waals surface area contributed by atoms with E-state index in [1.807, 2.05) is 0 Å². The molecule has 0 saturated carbocycles. The van der Waals surface area contributed by atoms with E-state index in [1.165, 1.54) is 6.92 Å². The number of rotatable bonds is 4. The van der Waals surface area contributed by atoms with Gasteiger partial charge in [-0.3, -0.25) is 4.79 Å². The lowest BCUT2D eigenvalue weighted by molar-refractivity contribution is -0.131. The van der Waals surface area contributed by atoms with Crippen LogP contribution in [0.5, 0.6) is 0 Å². The van der Waals surface area contributed by atoms with Crippen molar-refractivity contribution in [2.45, 2.75) is 31.4 Å². The van der Waals surface area contributed by atoms with Gasteiger partial charge < -0.3 is 10.6 Å². The van der Waals surface area contributed by atoms with Crippen LogP contribution < -0.4 is 5.73 Å². The van der Waals surface area contributed by atoms with E-state index in [2.05, 4.69) is 0 Å². The fourth-order valence-electron chi connectivity index (χ4n) is 2.12. The van der Waals surface area contributed by atoms with E-state index in [1.54, 1.807) is 4.90 Å². The molecule has 1 amide bonds. The number of sulfone groups is 1. The molecule has 2 N–H and O–H groups in total. The number of carbonyl (C=O) groups is 1. The number of likely N-dealkylation sites (tertiary alicyclic amines) is 1. The van der Waals surface area contributed by atoms with E-state index in [4.69, 9.17) is 5.73 Å². The summed E-state index contributed by atoms with van der Waals surface area (Å²) in [6, 6.07) is 0. The highest BCUT2D eigenvalue weighted by molar-refractivity contribution is 7.92. The molecule has 1 rings (SSSR count). The second-order valence-corrected chi connectivity index (χ2v) is 7.18. The Balaban J connectivity index is 2.52. The normalized spacial score (nSPS) is 20.3. The Morgan fingerprint density at radius 2 is 1.94 bits per heavy atom. The number of nitrogens with two attached hydrogens (primary N) is 1. The minimum absolute atomic E-state index is 0.265. The molecule has 0 radical (unpaired) electrons. The second kappa shape index (κ2) is 5.82. The maximum Gasteiger partial charge on any atom is 0.240 e. The molecule has 1 aliphatic heterocycles. The fourth-order valence-corrected chi connectivity index (χ4v) is 2.63. The molecule has 1 saturated heterocycles. The van der Waals surface area contributed by atoms with Crippen LogP contribution in [0.2, 0.25) is 0 Å². The molecule has 5 nitrogen and oxygen atoms in total. The number of nitrogens with zero attached hydrogens (tertiary/aromatic N) is 1. The van der Waals surface area contributed by atoms with Crippen molar-refractivity contribution in [2.24, 2.45) is 11.7 Å². The van der Waals surface area contributed by atoms with Gasteiger partial charge in [0.2, 0.25) is 5.91 Å². The summed E-state index contributed by atoms with van der Waals surface area (Å²) in [6.45, 7) is 3.45. The number of piperidine rings is 1. The van der Waals surface area contributed by atoms with Crippen LogP contribution in [0.3, 0.4) is 0 Å². The highest BCUT2D eigenvalue weighted by atomic mass is 32.2.